The van der Waals surface area contributed by atoms with Crippen molar-refractivity contribution in [1.29, 1.82) is 0 Å². The Labute approximate surface area is 644 Å². The van der Waals surface area contributed by atoms with Gasteiger partial charge in [0.05, 0.1) is 76.1 Å². The Hall–Kier alpha value is -3.50. The van der Waals surface area contributed by atoms with Gasteiger partial charge in [0.2, 0.25) is 11.8 Å². The molecule has 5 saturated heterocycles. The van der Waals surface area contributed by atoms with Crippen molar-refractivity contribution in [2.45, 2.75) is 390 Å². The number of hydrogen-bond acceptors (Lipinski definition) is 32. The molecule has 0 aromatic heterocycles. The van der Waals surface area contributed by atoms with Crippen LogP contribution in [-0.2, 0) is 66.5 Å². The van der Waals surface area contributed by atoms with Gasteiger partial charge in [0.15, 0.2) is 18.9 Å². The number of carbonyl (C=O) groups excluding carboxylic acids is 2. The molecule has 642 valence electrons. The lowest BCUT2D eigenvalue weighted by molar-refractivity contribution is -0.400. The van der Waals surface area contributed by atoms with Crippen LogP contribution in [0.4, 0.5) is 0 Å². The molecule has 0 bridgehead atoms. The lowest BCUT2D eigenvalue weighted by Crippen LogP contribution is -2.71. The third kappa shape index (κ3) is 29.0. The first-order chi connectivity index (χ1) is 52.5. The average Bonchev–Trinajstić information content (AvgIpc) is 0.753. The van der Waals surface area contributed by atoms with Gasteiger partial charge in [-0.2, -0.15) is 0 Å². The molecule has 24 N–H and O–H groups in total. The molecular weight excluding hydrogens is 1460 g/mol. The van der Waals surface area contributed by atoms with Crippen LogP contribution in [0.15, 0.2) is 12.2 Å². The summed E-state index contributed by atoms with van der Waals surface area (Å²) in [6, 6.07) is -6.44. The molecule has 0 radical (unpaired) electrons. The topological polar surface area (TPSA) is 601 Å². The first kappa shape index (κ1) is 97.1. The van der Waals surface area contributed by atoms with Crippen LogP contribution in [0.1, 0.15) is 213 Å². The normalized spacial score (nSPS) is 34.6. The second kappa shape index (κ2) is 50.2. The average molecular weight is 1590 g/mol. The van der Waals surface area contributed by atoms with Crippen molar-refractivity contribution in [3.8, 4) is 0 Å². The van der Waals surface area contributed by atoms with E-state index in [0.717, 1.165) is 64.7 Å². The summed E-state index contributed by atoms with van der Waals surface area (Å²) in [6.45, 7) is -0.837. The quantitative estimate of drug-likeness (QED) is 0.0230. The van der Waals surface area contributed by atoms with Crippen LogP contribution in [0.3, 0.4) is 0 Å². The van der Waals surface area contributed by atoms with Gasteiger partial charge in [-0.1, -0.05) is 180 Å². The number of carboxylic acid groups (broad SMARTS) is 2. The summed E-state index contributed by atoms with van der Waals surface area (Å²) in [5, 5.41) is 205. The molecule has 5 rings (SSSR count). The van der Waals surface area contributed by atoms with Gasteiger partial charge in [-0.05, 0) is 19.3 Å². The SMILES string of the molecule is CCCCCCCCCCCCC/C=C/C(O)C(COC1OC(CO)C(OC2OC(CO)C(OC3OC(CO)C(O)C(O)C3NC(C)=O)C(OC3(C(=O)O)CC(O)C(N)C(C(O)C(O)COC4(C(=O)O)CC(O)C(N)C(C(O)C(O)CO)O4)O3)C2O)C(O)C1O)NC(=O)CCCCCCCCCCCCCCCCC. The van der Waals surface area contributed by atoms with E-state index in [9.17, 15) is 111 Å². The van der Waals surface area contributed by atoms with Gasteiger partial charge in [-0.25, -0.2) is 9.59 Å². The van der Waals surface area contributed by atoms with E-state index in [1.807, 2.05) is 6.08 Å². The minimum absolute atomic E-state index is 0.130. The summed E-state index contributed by atoms with van der Waals surface area (Å²) < 4.78 is 59.0. The van der Waals surface area contributed by atoms with E-state index >= 15 is 0 Å². The van der Waals surface area contributed by atoms with Gasteiger partial charge in [0.1, 0.15) is 110 Å². The van der Waals surface area contributed by atoms with Crippen LogP contribution < -0.4 is 22.1 Å². The van der Waals surface area contributed by atoms with Gasteiger partial charge in [0.25, 0.3) is 11.6 Å². The maximum absolute atomic E-state index is 13.9. The Morgan fingerprint density at radius 1 is 0.509 bits per heavy atom. The molecule has 29 unspecified atom stereocenters. The number of allylic oxidation sites excluding steroid dienone is 1. The van der Waals surface area contributed by atoms with Gasteiger partial charge in [-0.3, -0.25) is 9.59 Å². The molecule has 0 spiro atoms. The van der Waals surface area contributed by atoms with Crippen molar-refractivity contribution in [3.63, 3.8) is 0 Å². The van der Waals surface area contributed by atoms with Crippen LogP contribution in [0.25, 0.3) is 0 Å². The zero-order chi connectivity index (χ0) is 81.3. The Balaban J connectivity index is 1.37. The highest BCUT2D eigenvalue weighted by Gasteiger charge is 2.62. The minimum atomic E-state index is -3.43. The fraction of sp³-hybridized carbons (Fsp3) is 0.919. The molecule has 29 atom stereocenters. The number of unbranched alkanes of at least 4 members (excludes halogenated alkanes) is 25. The molecule has 2 amide bonds. The number of rotatable bonds is 54. The van der Waals surface area contributed by atoms with Crippen LogP contribution in [0.2, 0.25) is 0 Å². The fourth-order valence-electron chi connectivity index (χ4n) is 14.6. The third-order valence-corrected chi connectivity index (χ3v) is 21.3. The maximum Gasteiger partial charge on any atom is 0.364 e. The lowest BCUT2D eigenvalue weighted by Gasteiger charge is -2.52. The number of aliphatic hydroxyl groups is 16. The van der Waals surface area contributed by atoms with Crippen molar-refractivity contribution in [2.75, 3.05) is 39.6 Å². The summed E-state index contributed by atoms with van der Waals surface area (Å²) in [7, 11) is 0. The van der Waals surface area contributed by atoms with E-state index in [0.29, 0.717) is 12.8 Å². The molecule has 5 fully saturated rings. The molecular formula is C74H134N4O32. The van der Waals surface area contributed by atoms with Crippen LogP contribution >= 0.6 is 0 Å². The Bertz CT molecular complexity index is 2620. The second-order valence-corrected chi connectivity index (χ2v) is 30.2. The highest BCUT2D eigenvalue weighted by Crippen LogP contribution is 2.41. The van der Waals surface area contributed by atoms with Crippen molar-refractivity contribution < 1.29 is 158 Å². The van der Waals surface area contributed by atoms with Crippen molar-refractivity contribution >= 4 is 23.8 Å². The van der Waals surface area contributed by atoms with Gasteiger partial charge < -0.3 is 161 Å². The first-order valence-corrected chi connectivity index (χ1v) is 39.9. The van der Waals surface area contributed by atoms with Crippen LogP contribution in [0.5, 0.6) is 0 Å². The van der Waals surface area contributed by atoms with E-state index in [1.165, 1.54) is 109 Å². The third-order valence-electron chi connectivity index (χ3n) is 21.3. The number of nitrogens with two attached hydrogens (primary N) is 2. The standard InChI is InChI=1S/C74H134N4O32/c1-4-6-8-10-12-14-16-18-19-21-23-25-27-29-31-33-52(89)78-43(44(84)32-30-28-26-24-22-20-17-15-13-11-9-7-5-2)40-101-69-61(95)60(94)63(50(38-81)104-69)106-70-62(96)67(64(51(39-82)105-70)107-68-55(77-42(3)83)59(93)58(92)49(37-80)103-68)110-74(72(99)100)35-46(86)54(76)66(109-74)57(91)48(88)41-102-73(71(97)98)34-45(85)53(75)65(108-73)56(90)47(87)36-79/h30,32,43-51,53-70,79-82,84-88,90-96H,4-29,31,33-41,75-76H2,1-3H3,(H,77,83)(H,78,89)(H,97,98)(H,99,100)/b32-30+. The van der Waals surface area contributed by atoms with E-state index in [-0.39, 0.29) is 12.3 Å². The Morgan fingerprint density at radius 3 is 1.45 bits per heavy atom. The summed E-state index contributed by atoms with van der Waals surface area (Å²) in [4.78, 5) is 52.8. The molecule has 0 saturated carbocycles. The zero-order valence-electron chi connectivity index (χ0n) is 64.1. The maximum atomic E-state index is 13.9. The van der Waals surface area contributed by atoms with Gasteiger partial charge >= 0.3 is 11.9 Å². The predicted molar refractivity (Wildman–Crippen MR) is 388 cm³/mol. The molecule has 0 aromatic rings. The Morgan fingerprint density at radius 2 is 0.955 bits per heavy atom. The number of aliphatic carboxylic acids is 2. The highest BCUT2D eigenvalue weighted by molar-refractivity contribution is 5.77. The highest BCUT2D eigenvalue weighted by atomic mass is 16.8. The van der Waals surface area contributed by atoms with Crippen LogP contribution in [0, 0.1) is 0 Å². The number of hydrogen-bond donors (Lipinski definition) is 22. The van der Waals surface area contributed by atoms with Crippen molar-refractivity contribution in [2.24, 2.45) is 11.5 Å². The van der Waals surface area contributed by atoms with Gasteiger partial charge in [-0.15, -0.1) is 0 Å². The molecule has 36 heteroatoms. The van der Waals surface area contributed by atoms with Crippen molar-refractivity contribution in [3.05, 3.63) is 12.2 Å². The number of carboxylic acids is 2. The zero-order valence-corrected chi connectivity index (χ0v) is 64.1. The number of aliphatic hydroxyl groups excluding tert-OH is 16. The molecule has 0 aliphatic carbocycles. The monoisotopic (exact) mass is 1590 g/mol. The largest absolute Gasteiger partial charge is 0.477 e. The van der Waals surface area contributed by atoms with E-state index < -0.39 is 247 Å². The molecule has 5 aliphatic rings. The summed E-state index contributed by atoms with van der Waals surface area (Å²) >= 11 is 0. The summed E-state index contributed by atoms with van der Waals surface area (Å²) in [5.74, 6) is -11.9. The predicted octanol–water partition coefficient (Wildman–Crippen LogP) is -2.05. The number of carbonyl (C=O) groups is 4. The molecule has 0 aromatic carbocycles. The number of ether oxygens (including phenoxy) is 10. The first-order valence-electron chi connectivity index (χ1n) is 39.9. The molecule has 5 aliphatic heterocycles. The molecule has 5 heterocycles. The van der Waals surface area contributed by atoms with Crippen molar-refractivity contribution in [1.82, 2.24) is 10.6 Å². The Kier molecular flexibility index (Phi) is 44.3. The van der Waals surface area contributed by atoms with Gasteiger partial charge in [0, 0.05) is 26.2 Å². The minimum Gasteiger partial charge on any atom is -0.477 e. The lowest BCUT2D eigenvalue weighted by atomic mass is 9.88. The van der Waals surface area contributed by atoms with E-state index in [2.05, 4.69) is 24.5 Å². The molecule has 110 heavy (non-hydrogen) atoms. The second-order valence-electron chi connectivity index (χ2n) is 30.2. The fourth-order valence-corrected chi connectivity index (χ4v) is 14.6. The summed E-state index contributed by atoms with van der Waals surface area (Å²) in [5.41, 5.74) is 12.2. The van der Waals surface area contributed by atoms with E-state index in [4.69, 9.17) is 58.8 Å². The summed E-state index contributed by atoms with van der Waals surface area (Å²) in [6.07, 6.45) is -16.4. The van der Waals surface area contributed by atoms with E-state index in [1.54, 1.807) is 0 Å². The molecule has 36 nitrogen and oxygen atoms in total. The smallest absolute Gasteiger partial charge is 0.364 e. The number of amides is 2. The van der Waals surface area contributed by atoms with Crippen LogP contribution in [-0.4, -0.2) is 332 Å². The number of nitrogens with one attached hydrogen (secondary N) is 2.